The Morgan fingerprint density at radius 3 is 2.39 bits per heavy atom. The number of halogens is 1. The van der Waals surface area contributed by atoms with Gasteiger partial charge in [0.2, 0.25) is 0 Å². The Kier molecular flexibility index (Phi) is 7.86. The van der Waals surface area contributed by atoms with Crippen LogP contribution in [-0.4, -0.2) is 20.0 Å². The standard InChI is InChI=1S/C14H11ClNO3P.C2H7N/c1-9-5-6-11(8-13(9)15)16-14(17)10-3-2-4-12(7-10)20(18)19;1-3-2/h2-8H,1H3,(H,16,17);3H,1-2H3. The minimum atomic E-state index is -2.71. The molecule has 0 aliphatic carbocycles. The van der Waals surface area contributed by atoms with Crippen LogP contribution in [0.3, 0.4) is 0 Å². The van der Waals surface area contributed by atoms with E-state index in [1.807, 2.05) is 21.0 Å². The molecule has 2 N–H and O–H groups in total. The Morgan fingerprint density at radius 1 is 1.17 bits per heavy atom. The van der Waals surface area contributed by atoms with Gasteiger partial charge in [-0.05, 0) is 50.8 Å². The third-order valence-electron chi connectivity index (χ3n) is 2.75. The van der Waals surface area contributed by atoms with Crippen molar-refractivity contribution in [2.75, 3.05) is 19.4 Å². The van der Waals surface area contributed by atoms with Gasteiger partial charge in [-0.3, -0.25) is 4.79 Å². The second kappa shape index (κ2) is 9.38. The number of carbonyl (C=O) groups excluding carboxylic acids is 1. The largest absolute Gasteiger partial charge is 0.591 e. The van der Waals surface area contributed by atoms with Gasteiger partial charge in [-0.1, -0.05) is 28.3 Å². The third kappa shape index (κ3) is 6.08. The number of amides is 1. The van der Waals surface area contributed by atoms with Crippen LogP contribution in [-0.2, 0) is 4.57 Å². The highest BCUT2D eigenvalue weighted by Crippen LogP contribution is 2.20. The third-order valence-corrected chi connectivity index (χ3v) is 3.86. The van der Waals surface area contributed by atoms with Crippen LogP contribution in [0.1, 0.15) is 15.9 Å². The zero-order chi connectivity index (χ0) is 17.4. The van der Waals surface area contributed by atoms with E-state index in [9.17, 15) is 14.3 Å². The molecule has 122 valence electrons. The second-order valence-corrected chi connectivity index (χ2v) is 6.16. The van der Waals surface area contributed by atoms with Crippen LogP contribution in [0.15, 0.2) is 42.5 Å². The average Bonchev–Trinajstić information content (AvgIpc) is 2.52. The van der Waals surface area contributed by atoms with Crippen molar-refractivity contribution in [1.29, 1.82) is 0 Å². The summed E-state index contributed by atoms with van der Waals surface area (Å²) in [6.07, 6.45) is 0. The number of rotatable bonds is 3. The van der Waals surface area contributed by atoms with E-state index in [-0.39, 0.29) is 16.8 Å². The van der Waals surface area contributed by atoms with Crippen LogP contribution in [0, 0.1) is 6.92 Å². The van der Waals surface area contributed by atoms with Gasteiger partial charge in [0.25, 0.3) is 5.91 Å². The van der Waals surface area contributed by atoms with E-state index in [1.165, 1.54) is 18.2 Å². The highest BCUT2D eigenvalue weighted by Gasteiger charge is 2.12. The summed E-state index contributed by atoms with van der Waals surface area (Å²) < 4.78 is 10.9. The number of carbonyl (C=O) groups is 1. The van der Waals surface area contributed by atoms with E-state index in [2.05, 4.69) is 10.6 Å². The summed E-state index contributed by atoms with van der Waals surface area (Å²) in [6.45, 7) is 1.86. The van der Waals surface area contributed by atoms with Crippen molar-refractivity contribution in [3.05, 3.63) is 58.6 Å². The molecule has 1 unspecified atom stereocenters. The predicted octanol–water partition coefficient (Wildman–Crippen LogP) is 2.46. The maximum atomic E-state index is 12.0. The molecule has 2 aromatic rings. The molecular weight excluding hydrogens is 335 g/mol. The lowest BCUT2D eigenvalue weighted by Crippen LogP contribution is -2.14. The Balaban J connectivity index is 0.000000816. The molecule has 1 atom stereocenters. The fraction of sp³-hybridized carbons (Fsp3) is 0.188. The Hall–Kier alpha value is -1.78. The molecule has 0 heterocycles. The first-order valence-electron chi connectivity index (χ1n) is 6.79. The molecule has 23 heavy (non-hydrogen) atoms. The molecule has 0 saturated carbocycles. The summed E-state index contributed by atoms with van der Waals surface area (Å²) in [5.41, 5.74) is 1.75. The molecule has 5 nitrogen and oxygen atoms in total. The maximum Gasteiger partial charge on any atom is 0.348 e. The molecule has 0 aromatic heterocycles. The fourth-order valence-electron chi connectivity index (χ4n) is 1.63. The SMILES string of the molecule is CNC.Cc1ccc(NC(=O)c2cccc([P+](=O)[O-])c2)cc1Cl. The second-order valence-electron chi connectivity index (χ2n) is 4.73. The molecule has 1 amide bonds. The fourth-order valence-corrected chi connectivity index (χ4v) is 2.27. The van der Waals surface area contributed by atoms with Crippen molar-refractivity contribution in [2.45, 2.75) is 6.92 Å². The molecule has 0 aliphatic heterocycles. The van der Waals surface area contributed by atoms with E-state index in [0.717, 1.165) is 5.56 Å². The van der Waals surface area contributed by atoms with Crippen LogP contribution < -0.4 is 20.8 Å². The van der Waals surface area contributed by atoms with Crippen LogP contribution in [0.2, 0.25) is 5.02 Å². The van der Waals surface area contributed by atoms with Crippen molar-refractivity contribution in [2.24, 2.45) is 0 Å². The molecule has 0 aliphatic rings. The number of hydrogen-bond acceptors (Lipinski definition) is 4. The first-order valence-corrected chi connectivity index (χ1v) is 8.35. The molecule has 0 radical (unpaired) electrons. The van der Waals surface area contributed by atoms with Crippen LogP contribution in [0.4, 0.5) is 5.69 Å². The Morgan fingerprint density at radius 2 is 1.83 bits per heavy atom. The Labute approximate surface area is 141 Å². The topological polar surface area (TPSA) is 81.3 Å². The van der Waals surface area contributed by atoms with Gasteiger partial charge in [0.15, 0.2) is 5.30 Å². The van der Waals surface area contributed by atoms with E-state index in [4.69, 9.17) is 11.6 Å². The molecule has 0 saturated heterocycles. The highest BCUT2D eigenvalue weighted by molar-refractivity contribution is 7.45. The van der Waals surface area contributed by atoms with Crippen molar-refractivity contribution in [3.63, 3.8) is 0 Å². The lowest BCUT2D eigenvalue weighted by molar-refractivity contribution is -0.160. The van der Waals surface area contributed by atoms with E-state index >= 15 is 0 Å². The molecular formula is C16H18ClN2O3P. The van der Waals surface area contributed by atoms with Crippen molar-refractivity contribution in [3.8, 4) is 0 Å². The van der Waals surface area contributed by atoms with Crippen molar-refractivity contribution in [1.82, 2.24) is 5.32 Å². The van der Waals surface area contributed by atoms with Gasteiger partial charge in [0, 0.05) is 22.3 Å². The number of hydrogen-bond donors (Lipinski definition) is 2. The summed E-state index contributed by atoms with van der Waals surface area (Å²) in [4.78, 5) is 22.9. The first-order chi connectivity index (χ1) is 10.9. The van der Waals surface area contributed by atoms with Gasteiger partial charge in [-0.25, -0.2) is 0 Å². The highest BCUT2D eigenvalue weighted by atomic mass is 35.5. The van der Waals surface area contributed by atoms with Gasteiger partial charge >= 0.3 is 8.03 Å². The van der Waals surface area contributed by atoms with Crippen molar-refractivity contribution >= 4 is 36.5 Å². The normalized spacial score (nSPS) is 10.4. The summed E-state index contributed by atoms with van der Waals surface area (Å²) in [5, 5.41) is 6.08. The number of aryl methyl sites for hydroxylation is 1. The minimum absolute atomic E-state index is 0.106. The van der Waals surface area contributed by atoms with Gasteiger partial charge in [-0.2, -0.15) is 0 Å². The van der Waals surface area contributed by atoms with E-state index in [1.54, 1.807) is 24.3 Å². The summed E-state index contributed by atoms with van der Waals surface area (Å²) in [5.74, 6) is -0.386. The lowest BCUT2D eigenvalue weighted by Gasteiger charge is -2.07. The molecule has 2 aromatic carbocycles. The van der Waals surface area contributed by atoms with E-state index in [0.29, 0.717) is 10.7 Å². The van der Waals surface area contributed by atoms with E-state index < -0.39 is 8.03 Å². The average molecular weight is 353 g/mol. The van der Waals surface area contributed by atoms with Crippen LogP contribution in [0.5, 0.6) is 0 Å². The zero-order valence-electron chi connectivity index (χ0n) is 13.1. The predicted molar refractivity (Wildman–Crippen MR) is 92.8 cm³/mol. The molecule has 0 spiro atoms. The molecule has 2 rings (SSSR count). The summed E-state index contributed by atoms with van der Waals surface area (Å²) >= 11 is 5.98. The summed E-state index contributed by atoms with van der Waals surface area (Å²) in [6, 6.07) is 11.0. The van der Waals surface area contributed by atoms with Crippen LogP contribution in [0.25, 0.3) is 0 Å². The van der Waals surface area contributed by atoms with Gasteiger partial charge in [-0.15, -0.1) is 0 Å². The van der Waals surface area contributed by atoms with Gasteiger partial charge in [0.1, 0.15) is 0 Å². The Bertz CT molecular complexity index is 707. The zero-order valence-corrected chi connectivity index (χ0v) is 14.7. The van der Waals surface area contributed by atoms with Gasteiger partial charge in [0.05, 0.1) is 0 Å². The molecule has 7 heteroatoms. The number of anilines is 1. The first kappa shape index (κ1) is 19.3. The van der Waals surface area contributed by atoms with Crippen molar-refractivity contribution < 1.29 is 14.3 Å². The summed E-state index contributed by atoms with van der Waals surface area (Å²) in [7, 11) is 1.04. The van der Waals surface area contributed by atoms with Gasteiger partial charge < -0.3 is 15.5 Å². The monoisotopic (exact) mass is 352 g/mol. The quantitative estimate of drug-likeness (QED) is 0.831. The minimum Gasteiger partial charge on any atom is -0.591 e. The molecule has 0 bridgehead atoms. The molecule has 0 fully saturated rings. The number of benzene rings is 2. The van der Waals surface area contributed by atoms with Crippen LogP contribution >= 0.6 is 19.6 Å². The smallest absolute Gasteiger partial charge is 0.348 e. The maximum absolute atomic E-state index is 12.0. The lowest BCUT2D eigenvalue weighted by atomic mass is 10.2. The number of nitrogens with one attached hydrogen (secondary N) is 2.